The molecule has 1 aliphatic rings. The number of ether oxygens (including phenoxy) is 1. The van der Waals surface area contributed by atoms with E-state index >= 15 is 0 Å². The highest BCUT2D eigenvalue weighted by atomic mass is 19.4. The van der Waals surface area contributed by atoms with E-state index in [-0.39, 0.29) is 17.7 Å². The van der Waals surface area contributed by atoms with Crippen LogP contribution in [0.4, 0.5) is 18.0 Å². The van der Waals surface area contributed by atoms with Crippen LogP contribution in [0.2, 0.25) is 0 Å². The first-order valence-electron chi connectivity index (χ1n) is 10.1. The average molecular weight is 452 g/mol. The second-order valence-electron chi connectivity index (χ2n) is 9.57. The van der Waals surface area contributed by atoms with Crippen molar-refractivity contribution in [1.82, 2.24) is 5.32 Å². The van der Waals surface area contributed by atoms with E-state index in [0.717, 1.165) is 18.2 Å². The van der Waals surface area contributed by atoms with Crippen LogP contribution in [-0.2, 0) is 20.2 Å². The van der Waals surface area contributed by atoms with E-state index in [9.17, 15) is 23.2 Å². The zero-order valence-electron chi connectivity index (χ0n) is 19.3. The molecule has 0 aliphatic carbocycles. The zero-order valence-corrected chi connectivity index (χ0v) is 19.3. The second-order valence-corrected chi connectivity index (χ2v) is 9.57. The molecule has 1 fully saturated rings. The number of halogens is 3. The first-order chi connectivity index (χ1) is 14.4. The lowest BCUT2D eigenvalue weighted by atomic mass is 9.76. The van der Waals surface area contributed by atoms with Crippen LogP contribution in [0.3, 0.4) is 0 Å². The number of carbonyl (C=O) groups is 1. The van der Waals surface area contributed by atoms with Gasteiger partial charge < -0.3 is 19.4 Å². The van der Waals surface area contributed by atoms with Crippen LogP contribution in [-0.4, -0.2) is 36.6 Å². The van der Waals surface area contributed by atoms with E-state index in [1.807, 2.05) is 33.8 Å². The van der Waals surface area contributed by atoms with Gasteiger partial charge in [-0.1, -0.05) is 6.08 Å². The lowest BCUT2D eigenvalue weighted by molar-refractivity contribution is -0.137. The molecule has 0 radical (unpaired) electrons. The summed E-state index contributed by atoms with van der Waals surface area (Å²) in [5, 5.41) is 12.0. The zero-order chi connectivity index (χ0) is 24.5. The van der Waals surface area contributed by atoms with Gasteiger partial charge in [0.1, 0.15) is 5.60 Å². The molecule has 174 valence electrons. The molecule has 0 unspecified atom stereocenters. The molecule has 0 saturated carbocycles. The Balaban J connectivity index is 2.46. The standard InChI is InChI=1S/C22H28BF3N2O4/c1-19(2,3)30-18(29)28-13-17(23-31-20(4,5)21(6,7)32-23)11-15-10-16(22(24,25)26)9-8-14(15)12-27/h8-11H,13H2,1-7H3,(H,28,29). The van der Waals surface area contributed by atoms with Crippen molar-refractivity contribution in [1.29, 1.82) is 5.26 Å². The smallest absolute Gasteiger partial charge is 0.444 e. The van der Waals surface area contributed by atoms with Crippen LogP contribution < -0.4 is 5.32 Å². The van der Waals surface area contributed by atoms with Gasteiger partial charge in [0, 0.05) is 6.54 Å². The van der Waals surface area contributed by atoms with Gasteiger partial charge in [0.25, 0.3) is 0 Å². The highest BCUT2D eigenvalue weighted by Crippen LogP contribution is 2.39. The SMILES string of the molecule is CC(C)(C)OC(=O)NCC(=Cc1cc(C(F)(F)F)ccc1C#N)B1OC(C)(C)C(C)(C)O1. The number of nitriles is 1. The predicted molar refractivity (Wildman–Crippen MR) is 114 cm³/mol. The average Bonchev–Trinajstić information content (AvgIpc) is 2.83. The maximum Gasteiger partial charge on any atom is 0.492 e. The van der Waals surface area contributed by atoms with Crippen molar-refractivity contribution in [2.45, 2.75) is 71.4 Å². The number of hydrogen-bond donors (Lipinski definition) is 1. The summed E-state index contributed by atoms with van der Waals surface area (Å²) in [5.41, 5.74) is -2.63. The number of alkyl carbamates (subject to hydrolysis) is 1. The van der Waals surface area contributed by atoms with Crippen molar-refractivity contribution in [3.05, 3.63) is 40.4 Å². The number of rotatable bonds is 4. The minimum absolute atomic E-state index is 0.0398. The van der Waals surface area contributed by atoms with E-state index < -0.39 is 41.8 Å². The van der Waals surface area contributed by atoms with E-state index in [1.54, 1.807) is 20.8 Å². The Hall–Kier alpha value is -2.51. The van der Waals surface area contributed by atoms with Crippen molar-refractivity contribution < 1.29 is 32.0 Å². The maximum absolute atomic E-state index is 13.2. The summed E-state index contributed by atoms with van der Waals surface area (Å²) >= 11 is 0. The Morgan fingerprint density at radius 1 is 1.19 bits per heavy atom. The van der Waals surface area contributed by atoms with Crippen LogP contribution in [0, 0.1) is 11.3 Å². The monoisotopic (exact) mass is 452 g/mol. The lowest BCUT2D eigenvalue weighted by Gasteiger charge is -2.32. The Morgan fingerprint density at radius 3 is 2.22 bits per heavy atom. The topological polar surface area (TPSA) is 80.6 Å². The van der Waals surface area contributed by atoms with Crippen molar-refractivity contribution in [2.75, 3.05) is 6.54 Å². The van der Waals surface area contributed by atoms with E-state index in [1.165, 1.54) is 6.08 Å². The second kappa shape index (κ2) is 8.79. The van der Waals surface area contributed by atoms with Gasteiger partial charge in [-0.05, 0) is 77.7 Å². The van der Waals surface area contributed by atoms with Gasteiger partial charge >= 0.3 is 19.4 Å². The van der Waals surface area contributed by atoms with Gasteiger partial charge in [0.05, 0.1) is 28.4 Å². The number of benzene rings is 1. The Labute approximate surface area is 186 Å². The molecule has 0 spiro atoms. The van der Waals surface area contributed by atoms with Crippen LogP contribution >= 0.6 is 0 Å². The maximum atomic E-state index is 13.2. The molecule has 6 nitrogen and oxygen atoms in total. The van der Waals surface area contributed by atoms with Crippen molar-refractivity contribution >= 4 is 19.3 Å². The number of amides is 1. The van der Waals surface area contributed by atoms with Crippen LogP contribution in [0.5, 0.6) is 0 Å². The fraction of sp³-hybridized carbons (Fsp3) is 0.545. The fourth-order valence-corrected chi connectivity index (χ4v) is 2.85. The Morgan fingerprint density at radius 2 is 1.75 bits per heavy atom. The number of alkyl halides is 3. The third-order valence-electron chi connectivity index (χ3n) is 5.23. The van der Waals surface area contributed by atoms with Gasteiger partial charge in [-0.25, -0.2) is 4.79 Å². The normalized spacial score (nSPS) is 18.3. The molecule has 1 aromatic carbocycles. The molecule has 10 heteroatoms. The van der Waals surface area contributed by atoms with Crippen LogP contribution in [0.25, 0.3) is 6.08 Å². The van der Waals surface area contributed by atoms with Crippen molar-refractivity contribution in [2.24, 2.45) is 0 Å². The molecule has 1 saturated heterocycles. The molecule has 0 aromatic heterocycles. The summed E-state index contributed by atoms with van der Waals surface area (Å²) in [6, 6.07) is 4.74. The number of nitrogens with zero attached hydrogens (tertiary/aromatic N) is 1. The first-order valence-corrected chi connectivity index (χ1v) is 10.1. The van der Waals surface area contributed by atoms with E-state index in [4.69, 9.17) is 14.0 Å². The third kappa shape index (κ3) is 6.27. The predicted octanol–water partition coefficient (Wildman–Crippen LogP) is 5.12. The lowest BCUT2D eigenvalue weighted by Crippen LogP contribution is -2.41. The van der Waals surface area contributed by atoms with Gasteiger partial charge in [0.2, 0.25) is 0 Å². The summed E-state index contributed by atoms with van der Waals surface area (Å²) in [6.07, 6.45) is -3.90. The number of nitrogens with one attached hydrogen (secondary N) is 1. The molecular weight excluding hydrogens is 424 g/mol. The van der Waals surface area contributed by atoms with Gasteiger partial charge in [-0.3, -0.25) is 0 Å². The molecule has 1 amide bonds. The summed E-state index contributed by atoms with van der Waals surface area (Å²) in [4.78, 5) is 12.2. The largest absolute Gasteiger partial charge is 0.492 e. The van der Waals surface area contributed by atoms with Gasteiger partial charge in [-0.2, -0.15) is 18.4 Å². The highest BCUT2D eigenvalue weighted by molar-refractivity contribution is 6.56. The summed E-state index contributed by atoms with van der Waals surface area (Å²) < 4.78 is 57.0. The van der Waals surface area contributed by atoms with Gasteiger partial charge in [-0.15, -0.1) is 0 Å². The molecule has 0 atom stereocenters. The van der Waals surface area contributed by atoms with Crippen molar-refractivity contribution in [3.8, 4) is 6.07 Å². The third-order valence-corrected chi connectivity index (χ3v) is 5.23. The summed E-state index contributed by atoms with van der Waals surface area (Å²) in [6.45, 7) is 12.3. The molecule has 32 heavy (non-hydrogen) atoms. The summed E-state index contributed by atoms with van der Waals surface area (Å²) in [5.74, 6) is 0. The fourth-order valence-electron chi connectivity index (χ4n) is 2.85. The Kier molecular flexibility index (Phi) is 7.08. The van der Waals surface area contributed by atoms with Crippen molar-refractivity contribution in [3.63, 3.8) is 0 Å². The van der Waals surface area contributed by atoms with E-state index in [0.29, 0.717) is 5.47 Å². The van der Waals surface area contributed by atoms with E-state index in [2.05, 4.69) is 5.32 Å². The summed E-state index contributed by atoms with van der Waals surface area (Å²) in [7, 11) is -0.948. The minimum Gasteiger partial charge on any atom is -0.444 e. The molecule has 2 rings (SSSR count). The number of hydrogen-bond acceptors (Lipinski definition) is 5. The van der Waals surface area contributed by atoms with Gasteiger partial charge in [0.15, 0.2) is 0 Å². The molecule has 0 bridgehead atoms. The number of carbonyl (C=O) groups excluding carboxylic acids is 1. The molecule has 1 heterocycles. The van der Waals surface area contributed by atoms with Crippen LogP contribution in [0.15, 0.2) is 23.7 Å². The molecule has 1 aromatic rings. The van der Waals surface area contributed by atoms with Crippen LogP contribution in [0.1, 0.15) is 65.2 Å². The minimum atomic E-state index is -4.57. The molecule has 1 N–H and O–H groups in total. The Bertz CT molecular complexity index is 928. The first kappa shape index (κ1) is 25.8. The quantitative estimate of drug-likeness (QED) is 0.642. The molecular formula is C22H28BF3N2O4. The highest BCUT2D eigenvalue weighted by Gasteiger charge is 2.52. The molecule has 1 aliphatic heterocycles.